The highest BCUT2D eigenvalue weighted by Gasteiger charge is 2.74. The SMILES string of the molecule is C=C(C)C(=O)OC12CC(C)CCC1C2(C)C. The zero-order valence-electron chi connectivity index (χ0n) is 10.8. The number of hydrogen-bond donors (Lipinski definition) is 0. The van der Waals surface area contributed by atoms with Crippen molar-refractivity contribution in [1.82, 2.24) is 0 Å². The number of rotatable bonds is 2. The Bertz CT molecular complexity index is 343. The lowest BCUT2D eigenvalue weighted by Gasteiger charge is -2.28. The third-order valence-electron chi connectivity index (χ3n) is 4.66. The molecule has 0 amide bonds. The highest BCUT2D eigenvalue weighted by atomic mass is 16.6. The second kappa shape index (κ2) is 3.35. The summed E-state index contributed by atoms with van der Waals surface area (Å²) in [5.74, 6) is 1.00. The molecule has 0 radical (unpaired) electrons. The highest BCUT2D eigenvalue weighted by Crippen LogP contribution is 2.71. The number of hydrogen-bond acceptors (Lipinski definition) is 2. The standard InChI is InChI=1S/C14H22O2/c1-9(2)12(15)16-14-8-10(3)6-7-11(14)13(14,4)5/h10-11H,1,6-8H2,2-5H3. The van der Waals surface area contributed by atoms with Crippen LogP contribution < -0.4 is 0 Å². The van der Waals surface area contributed by atoms with Gasteiger partial charge in [0.05, 0.1) is 0 Å². The molecule has 0 heterocycles. The highest BCUT2D eigenvalue weighted by molar-refractivity contribution is 5.87. The smallest absolute Gasteiger partial charge is 0.333 e. The molecule has 2 heteroatoms. The monoisotopic (exact) mass is 222 g/mol. The Labute approximate surface area is 98.1 Å². The Morgan fingerprint density at radius 3 is 2.56 bits per heavy atom. The molecule has 3 atom stereocenters. The van der Waals surface area contributed by atoms with Crippen LogP contribution in [0.5, 0.6) is 0 Å². The van der Waals surface area contributed by atoms with E-state index < -0.39 is 0 Å². The van der Waals surface area contributed by atoms with Crippen molar-refractivity contribution in [2.24, 2.45) is 17.3 Å². The first-order chi connectivity index (χ1) is 7.31. The van der Waals surface area contributed by atoms with Gasteiger partial charge in [-0.2, -0.15) is 0 Å². The molecule has 2 rings (SSSR count). The lowest BCUT2D eigenvalue weighted by Crippen LogP contribution is -2.30. The van der Waals surface area contributed by atoms with Crippen molar-refractivity contribution in [1.29, 1.82) is 0 Å². The summed E-state index contributed by atoms with van der Waals surface area (Å²) in [6.45, 7) is 12.1. The zero-order chi connectivity index (χ0) is 12.1. The molecule has 0 saturated heterocycles. The molecule has 0 aromatic rings. The van der Waals surface area contributed by atoms with Gasteiger partial charge in [-0.25, -0.2) is 4.79 Å². The molecule has 0 N–H and O–H groups in total. The quantitative estimate of drug-likeness (QED) is 0.529. The third-order valence-corrected chi connectivity index (χ3v) is 4.66. The van der Waals surface area contributed by atoms with Crippen molar-refractivity contribution < 1.29 is 9.53 Å². The van der Waals surface area contributed by atoms with Crippen molar-refractivity contribution >= 4 is 5.97 Å². The van der Waals surface area contributed by atoms with Crippen LogP contribution in [0.15, 0.2) is 12.2 Å². The predicted molar refractivity (Wildman–Crippen MR) is 63.9 cm³/mol. The zero-order valence-corrected chi connectivity index (χ0v) is 10.8. The summed E-state index contributed by atoms with van der Waals surface area (Å²) in [5, 5.41) is 0. The maximum Gasteiger partial charge on any atom is 0.333 e. The largest absolute Gasteiger partial charge is 0.455 e. The molecular weight excluding hydrogens is 200 g/mol. The van der Waals surface area contributed by atoms with Gasteiger partial charge in [0.15, 0.2) is 0 Å². The van der Waals surface area contributed by atoms with Crippen LogP contribution in [0.4, 0.5) is 0 Å². The molecule has 0 aromatic carbocycles. The van der Waals surface area contributed by atoms with E-state index >= 15 is 0 Å². The van der Waals surface area contributed by atoms with E-state index in [1.807, 2.05) is 0 Å². The minimum absolute atomic E-state index is 0.156. The van der Waals surface area contributed by atoms with Crippen molar-refractivity contribution in [3.63, 3.8) is 0 Å². The molecule has 90 valence electrons. The first-order valence-electron chi connectivity index (χ1n) is 6.20. The Morgan fingerprint density at radius 1 is 1.38 bits per heavy atom. The lowest BCUT2D eigenvalue weighted by atomic mass is 9.88. The normalized spacial score (nSPS) is 39.8. The van der Waals surface area contributed by atoms with E-state index in [-0.39, 0.29) is 17.0 Å². The minimum Gasteiger partial charge on any atom is -0.455 e. The first kappa shape index (κ1) is 11.7. The van der Waals surface area contributed by atoms with Gasteiger partial charge >= 0.3 is 5.97 Å². The molecule has 0 aromatic heterocycles. The van der Waals surface area contributed by atoms with Crippen molar-refractivity contribution in [2.75, 3.05) is 0 Å². The number of esters is 1. The van der Waals surface area contributed by atoms with Gasteiger partial charge in [0.2, 0.25) is 0 Å². The van der Waals surface area contributed by atoms with E-state index in [1.165, 1.54) is 12.8 Å². The Morgan fingerprint density at radius 2 is 2.00 bits per heavy atom. The molecule has 0 bridgehead atoms. The molecule has 2 saturated carbocycles. The minimum atomic E-state index is -0.218. The van der Waals surface area contributed by atoms with Crippen molar-refractivity contribution in [3.05, 3.63) is 12.2 Å². The summed E-state index contributed by atoms with van der Waals surface area (Å²) < 4.78 is 5.76. The van der Waals surface area contributed by atoms with Crippen LogP contribution in [0, 0.1) is 17.3 Å². The fourth-order valence-electron chi connectivity index (χ4n) is 3.49. The van der Waals surface area contributed by atoms with Crippen molar-refractivity contribution in [3.8, 4) is 0 Å². The number of ether oxygens (including phenoxy) is 1. The van der Waals surface area contributed by atoms with Gasteiger partial charge in [0.25, 0.3) is 0 Å². The average molecular weight is 222 g/mol. The molecule has 2 nitrogen and oxygen atoms in total. The Balaban J connectivity index is 2.17. The van der Waals surface area contributed by atoms with E-state index in [0.29, 0.717) is 17.4 Å². The van der Waals surface area contributed by atoms with Crippen molar-refractivity contribution in [2.45, 2.75) is 52.6 Å². The average Bonchev–Trinajstić information content (AvgIpc) is 2.61. The molecule has 2 aliphatic rings. The van der Waals surface area contributed by atoms with Crippen LogP contribution in [-0.2, 0) is 9.53 Å². The molecule has 0 aliphatic heterocycles. The Hall–Kier alpha value is -0.790. The van der Waals surface area contributed by atoms with E-state index in [1.54, 1.807) is 6.92 Å². The van der Waals surface area contributed by atoms with Gasteiger partial charge in [-0.3, -0.25) is 0 Å². The van der Waals surface area contributed by atoms with E-state index in [9.17, 15) is 4.79 Å². The summed E-state index contributed by atoms with van der Waals surface area (Å²) in [4.78, 5) is 11.7. The van der Waals surface area contributed by atoms with Gasteiger partial charge in [0, 0.05) is 16.9 Å². The predicted octanol–water partition coefficient (Wildman–Crippen LogP) is 3.32. The molecule has 16 heavy (non-hydrogen) atoms. The van der Waals surface area contributed by atoms with Gasteiger partial charge in [-0.1, -0.05) is 33.8 Å². The van der Waals surface area contributed by atoms with Crippen LogP contribution in [0.2, 0.25) is 0 Å². The van der Waals surface area contributed by atoms with Gasteiger partial charge in [-0.15, -0.1) is 0 Å². The van der Waals surface area contributed by atoms with Crippen LogP contribution >= 0.6 is 0 Å². The van der Waals surface area contributed by atoms with E-state index in [4.69, 9.17) is 4.74 Å². The van der Waals surface area contributed by atoms with Gasteiger partial charge < -0.3 is 4.74 Å². The number of fused-ring (bicyclic) bond motifs is 1. The topological polar surface area (TPSA) is 26.3 Å². The maximum atomic E-state index is 11.7. The van der Waals surface area contributed by atoms with Crippen LogP contribution in [0.1, 0.15) is 47.0 Å². The summed E-state index contributed by atoms with van der Waals surface area (Å²) >= 11 is 0. The third kappa shape index (κ3) is 1.42. The number of carbonyl (C=O) groups is 1. The maximum absolute atomic E-state index is 11.7. The fourth-order valence-corrected chi connectivity index (χ4v) is 3.49. The molecule has 3 unspecified atom stereocenters. The molecule has 2 fully saturated rings. The summed E-state index contributed by atoms with van der Waals surface area (Å²) in [5.41, 5.74) is 0.470. The lowest BCUT2D eigenvalue weighted by molar-refractivity contribution is -0.151. The molecule has 2 aliphatic carbocycles. The van der Waals surface area contributed by atoms with Crippen LogP contribution in [-0.4, -0.2) is 11.6 Å². The second-order valence-electron chi connectivity index (χ2n) is 6.22. The molecule has 0 spiro atoms. The summed E-state index contributed by atoms with van der Waals surface area (Å²) in [7, 11) is 0. The fraction of sp³-hybridized carbons (Fsp3) is 0.786. The van der Waals surface area contributed by atoms with E-state index in [0.717, 1.165) is 6.42 Å². The van der Waals surface area contributed by atoms with Gasteiger partial charge in [-0.05, 0) is 25.7 Å². The van der Waals surface area contributed by atoms with Gasteiger partial charge in [0.1, 0.15) is 5.60 Å². The summed E-state index contributed by atoms with van der Waals surface area (Å²) in [6, 6.07) is 0. The second-order valence-corrected chi connectivity index (χ2v) is 6.22. The van der Waals surface area contributed by atoms with Crippen LogP contribution in [0.25, 0.3) is 0 Å². The molecular formula is C14H22O2. The first-order valence-corrected chi connectivity index (χ1v) is 6.20. The van der Waals surface area contributed by atoms with E-state index in [2.05, 4.69) is 27.4 Å². The van der Waals surface area contributed by atoms with Crippen LogP contribution in [0.3, 0.4) is 0 Å². The number of carbonyl (C=O) groups excluding carboxylic acids is 1. The Kier molecular flexibility index (Phi) is 2.45. The summed E-state index contributed by atoms with van der Waals surface area (Å²) in [6.07, 6.45) is 3.47.